The molecule has 0 aromatic heterocycles. The quantitative estimate of drug-likeness (QED) is 0.165. The number of hydrogen-bond donors (Lipinski definition) is 0. The molecule has 0 saturated heterocycles. The molecule has 46 heavy (non-hydrogen) atoms. The van der Waals surface area contributed by atoms with Crippen LogP contribution in [0.25, 0.3) is 21.5 Å². The Morgan fingerprint density at radius 1 is 0.652 bits per heavy atom. The van der Waals surface area contributed by atoms with Gasteiger partial charge >= 0.3 is 140 Å². The Morgan fingerprint density at radius 2 is 1.11 bits per heavy atom. The molecule has 6 rings (SSSR count). The molecule has 0 unspecified atom stereocenters. The molecule has 242 valence electrons. The van der Waals surface area contributed by atoms with Crippen LogP contribution in [0.3, 0.4) is 0 Å². The van der Waals surface area contributed by atoms with Gasteiger partial charge in [0.15, 0.2) is 0 Å². The van der Waals surface area contributed by atoms with Gasteiger partial charge in [0, 0.05) is 0 Å². The van der Waals surface area contributed by atoms with E-state index in [1.54, 1.807) is 33.0 Å². The number of fused-ring (bicyclic) bond motifs is 3. The first-order valence-corrected chi connectivity index (χ1v) is 18.9. The van der Waals surface area contributed by atoms with Crippen LogP contribution in [0.2, 0.25) is 0 Å². The van der Waals surface area contributed by atoms with Gasteiger partial charge in [-0.15, -0.1) is 39.7 Å². The van der Waals surface area contributed by atoms with Gasteiger partial charge in [-0.25, -0.2) is 12.1 Å². The number of benzene rings is 3. The summed E-state index contributed by atoms with van der Waals surface area (Å²) in [5.74, 6) is 2.12. The summed E-state index contributed by atoms with van der Waals surface area (Å²) in [6.45, 7) is 22.9. The Labute approximate surface area is 296 Å². The van der Waals surface area contributed by atoms with Crippen molar-refractivity contribution in [3.63, 3.8) is 0 Å². The minimum atomic E-state index is 0.203. The molecule has 1 aliphatic carbocycles. The molecule has 1 fully saturated rings. The van der Waals surface area contributed by atoms with Crippen molar-refractivity contribution < 1.29 is 24.2 Å². The molecular formula is C45H58Zr. The second kappa shape index (κ2) is 15.7. The average molecular weight is 690 g/mol. The Balaban J connectivity index is 0.000000181. The van der Waals surface area contributed by atoms with E-state index in [0.29, 0.717) is 11.8 Å². The zero-order valence-electron chi connectivity index (χ0n) is 30.4. The first kappa shape index (κ1) is 36.5. The van der Waals surface area contributed by atoms with Crippen molar-refractivity contribution >= 4 is 24.8 Å². The van der Waals surface area contributed by atoms with E-state index < -0.39 is 0 Å². The standard InChI is InChI=1S/C21H25.C19H28.C5H5.Zr/c1-20(2,3)16-7-9-18-14(12-16)11-15-13-17(21(4,5)6)8-10-19(15)18;1-14(2)18-11-17(12-19(13-18)15(3)4)10-16-8-6-5-7-9-16;1-2-4-5-3-1;/h7-13H,1-6H3;11-16H,5-9H2,1-4H3;1-5H;/q-1;;-1;+2. The van der Waals surface area contributed by atoms with Crippen LogP contribution in [-0.4, -0.2) is 3.21 Å². The van der Waals surface area contributed by atoms with Crippen LogP contribution in [0.15, 0.2) is 91.0 Å². The van der Waals surface area contributed by atoms with E-state index in [4.69, 9.17) is 0 Å². The molecule has 0 nitrogen and oxygen atoms in total. The molecule has 1 aliphatic rings. The second-order valence-corrected chi connectivity index (χ2v) is 17.5. The van der Waals surface area contributed by atoms with Crippen molar-refractivity contribution in [2.75, 3.05) is 0 Å². The van der Waals surface area contributed by atoms with Gasteiger partial charge in [0.25, 0.3) is 0 Å². The van der Waals surface area contributed by atoms with Crippen molar-refractivity contribution in [3.05, 3.63) is 119 Å². The van der Waals surface area contributed by atoms with Gasteiger partial charge in [-0.05, 0) is 10.8 Å². The molecule has 0 bridgehead atoms. The Morgan fingerprint density at radius 3 is 1.48 bits per heavy atom. The van der Waals surface area contributed by atoms with E-state index in [9.17, 15) is 0 Å². The van der Waals surface area contributed by atoms with Crippen molar-refractivity contribution in [1.82, 2.24) is 0 Å². The van der Waals surface area contributed by atoms with E-state index in [0.717, 1.165) is 5.92 Å². The van der Waals surface area contributed by atoms with Crippen LogP contribution in [0, 0.1) is 5.92 Å². The number of rotatable bonds is 4. The normalized spacial score (nSPS) is 14.3. The van der Waals surface area contributed by atoms with Crippen LogP contribution in [0.4, 0.5) is 0 Å². The molecule has 1 heteroatoms. The van der Waals surface area contributed by atoms with Gasteiger partial charge in [0.2, 0.25) is 0 Å². The van der Waals surface area contributed by atoms with Crippen molar-refractivity contribution in [1.29, 1.82) is 0 Å². The third-order valence-corrected chi connectivity index (χ3v) is 11.3. The van der Waals surface area contributed by atoms with Crippen molar-refractivity contribution in [2.45, 2.75) is 124 Å². The Hall–Kier alpha value is -2.37. The van der Waals surface area contributed by atoms with Gasteiger partial charge in [-0.2, -0.15) is 18.2 Å². The second-order valence-electron chi connectivity index (χ2n) is 16.2. The van der Waals surface area contributed by atoms with E-state index in [1.165, 1.54) is 75.9 Å². The van der Waals surface area contributed by atoms with Gasteiger partial charge < -0.3 is 0 Å². The van der Waals surface area contributed by atoms with Gasteiger partial charge in [0.05, 0.1) is 0 Å². The van der Waals surface area contributed by atoms with Crippen LogP contribution in [0.5, 0.6) is 0 Å². The molecule has 1 saturated carbocycles. The summed E-state index contributed by atoms with van der Waals surface area (Å²) in [4.78, 5) is 0. The summed E-state index contributed by atoms with van der Waals surface area (Å²) >= 11 is 1.63. The van der Waals surface area contributed by atoms with Crippen molar-refractivity contribution in [2.24, 2.45) is 5.92 Å². The summed E-state index contributed by atoms with van der Waals surface area (Å²) in [6.07, 6.45) is 7.16. The maximum atomic E-state index is 2.47. The third-order valence-electron chi connectivity index (χ3n) is 9.63. The first-order valence-electron chi connectivity index (χ1n) is 17.7. The van der Waals surface area contributed by atoms with E-state index >= 15 is 0 Å². The Bertz CT molecular complexity index is 1570. The molecule has 0 N–H and O–H groups in total. The SMILES string of the molecule is CC(C)(C)c1ccc2c(c1)[cH-]c1cc(C(C)(C)C)ccc12.CC(C)c1cc([C](=[Zr+2])C2CCCCC2)cc(C(C)C)c1.c1cc[cH-]c1. The summed E-state index contributed by atoms with van der Waals surface area (Å²) in [5.41, 5.74) is 7.79. The monoisotopic (exact) mass is 688 g/mol. The minimum absolute atomic E-state index is 0.203. The molecule has 0 heterocycles. The maximum absolute atomic E-state index is 2.47. The number of hydrogen-bond acceptors (Lipinski definition) is 0. The third kappa shape index (κ3) is 9.60. The fraction of sp³-hybridized carbons (Fsp3) is 0.444. The predicted octanol–water partition coefficient (Wildman–Crippen LogP) is 13.3. The molecule has 0 spiro atoms. The van der Waals surface area contributed by atoms with Crippen LogP contribution >= 0.6 is 0 Å². The summed E-state index contributed by atoms with van der Waals surface area (Å²) < 4.78 is 1.72. The smallest absolute Gasteiger partial charge is 0.172 e. The van der Waals surface area contributed by atoms with Crippen LogP contribution < -0.4 is 0 Å². The largest absolute Gasteiger partial charge is 0.214 e. The van der Waals surface area contributed by atoms with Gasteiger partial charge in [-0.1, -0.05) is 76.9 Å². The zero-order valence-corrected chi connectivity index (χ0v) is 32.9. The fourth-order valence-electron chi connectivity index (χ4n) is 6.40. The predicted molar refractivity (Wildman–Crippen MR) is 202 cm³/mol. The fourth-order valence-corrected chi connectivity index (χ4v) is 7.47. The summed E-state index contributed by atoms with van der Waals surface area (Å²) in [7, 11) is 0. The molecule has 0 atom stereocenters. The van der Waals surface area contributed by atoms with E-state index in [1.807, 2.05) is 30.3 Å². The molecule has 5 aromatic rings. The van der Waals surface area contributed by atoms with Crippen LogP contribution in [0.1, 0.15) is 141 Å². The molecule has 0 radical (unpaired) electrons. The molecular weight excluding hydrogens is 632 g/mol. The molecule has 0 amide bonds. The zero-order chi connectivity index (χ0) is 33.6. The van der Waals surface area contributed by atoms with Gasteiger partial charge in [-0.3, -0.25) is 0 Å². The van der Waals surface area contributed by atoms with Gasteiger partial charge in [0.1, 0.15) is 0 Å². The van der Waals surface area contributed by atoms with E-state index in [-0.39, 0.29) is 10.8 Å². The Kier molecular flexibility index (Phi) is 12.4. The summed E-state index contributed by atoms with van der Waals surface area (Å²) in [5, 5.41) is 5.48. The molecule has 5 aromatic carbocycles. The average Bonchev–Trinajstić information content (AvgIpc) is 3.72. The maximum Gasteiger partial charge on any atom is -0.172 e. The summed E-state index contributed by atoms with van der Waals surface area (Å²) in [6, 6.07) is 33.5. The van der Waals surface area contributed by atoms with E-state index in [2.05, 4.69) is 130 Å². The minimum Gasteiger partial charge on any atom is -0.214 e. The van der Waals surface area contributed by atoms with Crippen LogP contribution in [-0.2, 0) is 35.1 Å². The van der Waals surface area contributed by atoms with Crippen molar-refractivity contribution in [3.8, 4) is 0 Å². The molecule has 0 aliphatic heterocycles. The topological polar surface area (TPSA) is 0 Å². The first-order chi connectivity index (χ1) is 21.6.